The Hall–Kier alpha value is -1.06. The highest BCUT2D eigenvalue weighted by molar-refractivity contribution is 9.10. The van der Waals surface area contributed by atoms with Crippen molar-refractivity contribution >= 4 is 33.3 Å². The normalized spacial score (nSPS) is 10.3. The molecule has 1 heterocycles. The molecule has 0 aliphatic carbocycles. The predicted molar refractivity (Wildman–Crippen MR) is 63.4 cm³/mol. The first-order valence-electron chi connectivity index (χ1n) is 4.31. The summed E-state index contributed by atoms with van der Waals surface area (Å²) in [5.41, 5.74) is 1.17. The molecule has 76 valence electrons. The van der Waals surface area contributed by atoms with Crippen LogP contribution in [0.3, 0.4) is 0 Å². The van der Waals surface area contributed by atoms with Crippen molar-refractivity contribution in [3.63, 3.8) is 0 Å². The highest BCUT2D eigenvalue weighted by Crippen LogP contribution is 2.23. The van der Waals surface area contributed by atoms with Crippen LogP contribution in [0.15, 0.2) is 41.0 Å². The number of carbonyl (C=O) groups is 1. The van der Waals surface area contributed by atoms with Gasteiger partial charge in [0, 0.05) is 21.3 Å². The molecule has 2 nitrogen and oxygen atoms in total. The molecule has 1 aromatic heterocycles. The molecule has 2 aromatic rings. The maximum atomic E-state index is 11.9. The van der Waals surface area contributed by atoms with Crippen LogP contribution < -0.4 is 0 Å². The third kappa shape index (κ3) is 2.13. The number of ketones is 1. The average molecular weight is 285 g/mol. The molecule has 0 aliphatic heterocycles. The van der Waals surface area contributed by atoms with Gasteiger partial charge >= 0.3 is 0 Å². The fourth-order valence-corrected chi connectivity index (χ4v) is 2.15. The smallest absolute Gasteiger partial charge is 0.210 e. The van der Waals surface area contributed by atoms with Crippen LogP contribution in [0, 0.1) is 0 Å². The number of aromatic amines is 1. The van der Waals surface area contributed by atoms with Gasteiger partial charge < -0.3 is 4.98 Å². The number of carbonyl (C=O) groups excluding carboxylic acids is 1. The lowest BCUT2D eigenvalue weighted by molar-refractivity contribution is 0.103. The monoisotopic (exact) mass is 283 g/mol. The highest BCUT2D eigenvalue weighted by atomic mass is 79.9. The van der Waals surface area contributed by atoms with Crippen molar-refractivity contribution in [2.75, 3.05) is 0 Å². The summed E-state index contributed by atoms with van der Waals surface area (Å²) in [6.45, 7) is 0. The molecule has 0 bridgehead atoms. The SMILES string of the molecule is O=C(c1ccc[nH]1)c1ccc(Cl)cc1Br. The largest absolute Gasteiger partial charge is 0.359 e. The van der Waals surface area contributed by atoms with Crippen LogP contribution in [0.25, 0.3) is 0 Å². The first-order chi connectivity index (χ1) is 7.18. The van der Waals surface area contributed by atoms with E-state index in [1.54, 1.807) is 36.5 Å². The average Bonchev–Trinajstić information content (AvgIpc) is 2.69. The van der Waals surface area contributed by atoms with Gasteiger partial charge in [-0.3, -0.25) is 4.79 Å². The number of halogens is 2. The minimum absolute atomic E-state index is 0.0523. The van der Waals surface area contributed by atoms with Crippen LogP contribution in [0.2, 0.25) is 5.02 Å². The van der Waals surface area contributed by atoms with E-state index in [-0.39, 0.29) is 5.78 Å². The van der Waals surface area contributed by atoms with E-state index >= 15 is 0 Å². The zero-order chi connectivity index (χ0) is 10.8. The van der Waals surface area contributed by atoms with Gasteiger partial charge in [-0.05, 0) is 46.3 Å². The van der Waals surface area contributed by atoms with Crippen molar-refractivity contribution < 1.29 is 4.79 Å². The van der Waals surface area contributed by atoms with Gasteiger partial charge in [-0.25, -0.2) is 0 Å². The van der Waals surface area contributed by atoms with Crippen molar-refractivity contribution in [2.45, 2.75) is 0 Å². The van der Waals surface area contributed by atoms with Crippen LogP contribution in [0.5, 0.6) is 0 Å². The first kappa shape index (κ1) is 10.5. The summed E-state index contributed by atoms with van der Waals surface area (Å²) in [6.07, 6.45) is 1.72. The van der Waals surface area contributed by atoms with Crippen LogP contribution in [0.1, 0.15) is 16.1 Å². The summed E-state index contributed by atoms with van der Waals surface area (Å²) in [7, 11) is 0. The minimum atomic E-state index is -0.0523. The number of benzene rings is 1. The zero-order valence-electron chi connectivity index (χ0n) is 7.63. The lowest BCUT2D eigenvalue weighted by Gasteiger charge is -2.02. The maximum Gasteiger partial charge on any atom is 0.210 e. The van der Waals surface area contributed by atoms with Crippen LogP contribution >= 0.6 is 27.5 Å². The molecular weight excluding hydrogens is 277 g/mol. The Kier molecular flexibility index (Phi) is 2.93. The number of rotatable bonds is 2. The van der Waals surface area contributed by atoms with E-state index in [4.69, 9.17) is 11.6 Å². The van der Waals surface area contributed by atoms with E-state index in [9.17, 15) is 4.79 Å². The third-order valence-corrected chi connectivity index (χ3v) is 2.91. The Morgan fingerprint density at radius 1 is 1.33 bits per heavy atom. The molecule has 1 N–H and O–H groups in total. The van der Waals surface area contributed by atoms with Gasteiger partial charge in [-0.2, -0.15) is 0 Å². The van der Waals surface area contributed by atoms with Crippen LogP contribution in [-0.2, 0) is 0 Å². The summed E-state index contributed by atoms with van der Waals surface area (Å²) in [5, 5.41) is 0.602. The fourth-order valence-electron chi connectivity index (χ4n) is 1.29. The van der Waals surface area contributed by atoms with E-state index in [1.807, 2.05) is 0 Å². The van der Waals surface area contributed by atoms with Gasteiger partial charge in [-0.1, -0.05) is 11.6 Å². The number of aromatic nitrogens is 1. The van der Waals surface area contributed by atoms with Gasteiger partial charge in [0.15, 0.2) is 0 Å². The second-order valence-corrected chi connectivity index (χ2v) is 4.33. The molecule has 0 atom stereocenters. The van der Waals surface area contributed by atoms with Crippen molar-refractivity contribution in [3.05, 3.63) is 57.3 Å². The highest BCUT2D eigenvalue weighted by Gasteiger charge is 2.12. The molecule has 1 aromatic carbocycles. The molecule has 4 heteroatoms. The van der Waals surface area contributed by atoms with Gasteiger partial charge in [0.2, 0.25) is 5.78 Å². The minimum Gasteiger partial charge on any atom is -0.359 e. The summed E-state index contributed by atoms with van der Waals surface area (Å²) in [6, 6.07) is 8.64. The van der Waals surface area contributed by atoms with Crippen LogP contribution in [-0.4, -0.2) is 10.8 Å². The maximum absolute atomic E-state index is 11.9. The van der Waals surface area contributed by atoms with Gasteiger partial charge in [0.1, 0.15) is 0 Å². The predicted octanol–water partition coefficient (Wildman–Crippen LogP) is 3.66. The number of nitrogens with one attached hydrogen (secondary N) is 1. The molecule has 0 amide bonds. The van der Waals surface area contributed by atoms with Gasteiger partial charge in [0.25, 0.3) is 0 Å². The third-order valence-electron chi connectivity index (χ3n) is 2.02. The van der Waals surface area contributed by atoms with Crippen molar-refractivity contribution in [1.82, 2.24) is 4.98 Å². The molecule has 0 unspecified atom stereocenters. The molecule has 15 heavy (non-hydrogen) atoms. The first-order valence-corrected chi connectivity index (χ1v) is 5.49. The van der Waals surface area contributed by atoms with Crippen molar-refractivity contribution in [2.24, 2.45) is 0 Å². The van der Waals surface area contributed by atoms with Crippen molar-refractivity contribution in [3.8, 4) is 0 Å². The number of hydrogen-bond acceptors (Lipinski definition) is 1. The zero-order valence-corrected chi connectivity index (χ0v) is 9.97. The Bertz CT molecular complexity index is 493. The standard InChI is InChI=1S/C11H7BrClNO/c12-9-6-7(13)3-4-8(9)11(15)10-2-1-5-14-10/h1-6,14H. The number of hydrogen-bond donors (Lipinski definition) is 1. The molecule has 0 radical (unpaired) electrons. The van der Waals surface area contributed by atoms with E-state index in [0.29, 0.717) is 20.8 Å². The summed E-state index contributed by atoms with van der Waals surface area (Å²) < 4.78 is 0.703. The van der Waals surface area contributed by atoms with E-state index in [1.165, 1.54) is 0 Å². The quantitative estimate of drug-likeness (QED) is 0.839. The Morgan fingerprint density at radius 3 is 2.73 bits per heavy atom. The summed E-state index contributed by atoms with van der Waals surface area (Å²) in [4.78, 5) is 14.8. The molecular formula is C11H7BrClNO. The topological polar surface area (TPSA) is 32.9 Å². The molecule has 0 aliphatic rings. The Labute approximate surface area is 100 Å². The summed E-state index contributed by atoms with van der Waals surface area (Å²) >= 11 is 9.11. The summed E-state index contributed by atoms with van der Waals surface area (Å²) in [5.74, 6) is -0.0523. The molecule has 2 rings (SSSR count). The molecule has 0 saturated heterocycles. The lowest BCUT2D eigenvalue weighted by atomic mass is 10.1. The van der Waals surface area contributed by atoms with Gasteiger partial charge in [0.05, 0.1) is 5.69 Å². The second kappa shape index (κ2) is 4.21. The lowest BCUT2D eigenvalue weighted by Crippen LogP contribution is -2.02. The molecule has 0 saturated carbocycles. The van der Waals surface area contributed by atoms with E-state index < -0.39 is 0 Å². The number of H-pyrrole nitrogens is 1. The molecule has 0 fully saturated rings. The Balaban J connectivity index is 2.42. The second-order valence-electron chi connectivity index (χ2n) is 3.04. The fraction of sp³-hybridized carbons (Fsp3) is 0. The Morgan fingerprint density at radius 2 is 2.13 bits per heavy atom. The molecule has 0 spiro atoms. The van der Waals surface area contributed by atoms with E-state index in [2.05, 4.69) is 20.9 Å². The van der Waals surface area contributed by atoms with E-state index in [0.717, 1.165) is 0 Å². The van der Waals surface area contributed by atoms with Crippen LogP contribution in [0.4, 0.5) is 0 Å². The van der Waals surface area contributed by atoms with Gasteiger partial charge in [-0.15, -0.1) is 0 Å². The van der Waals surface area contributed by atoms with Crippen molar-refractivity contribution in [1.29, 1.82) is 0 Å².